The zero-order chi connectivity index (χ0) is 22.8. The molecular weight excluding hydrogens is 408 g/mol. The van der Waals surface area contributed by atoms with Gasteiger partial charge in [0, 0.05) is 25.1 Å². The molecule has 2 aliphatic heterocycles. The highest BCUT2D eigenvalue weighted by Gasteiger charge is 2.36. The summed E-state index contributed by atoms with van der Waals surface area (Å²) >= 11 is 0. The summed E-state index contributed by atoms with van der Waals surface area (Å²) in [5.74, 6) is 0.918. The summed E-state index contributed by atoms with van der Waals surface area (Å²) in [6.07, 6.45) is 2.47. The molecule has 0 aromatic heterocycles. The summed E-state index contributed by atoms with van der Waals surface area (Å²) in [5, 5.41) is 0. The van der Waals surface area contributed by atoms with Gasteiger partial charge in [-0.05, 0) is 56.5 Å². The highest BCUT2D eigenvalue weighted by Crippen LogP contribution is 2.39. The minimum Gasteiger partial charge on any atom is -0.497 e. The van der Waals surface area contributed by atoms with E-state index in [1.807, 2.05) is 36.1 Å². The van der Waals surface area contributed by atoms with Crippen LogP contribution in [0, 0.1) is 6.92 Å². The Hall–Kier alpha value is -3.35. The van der Waals surface area contributed by atoms with Crippen molar-refractivity contribution in [3.05, 3.63) is 58.7 Å². The Kier molecular flexibility index (Phi) is 6.17. The van der Waals surface area contributed by atoms with Crippen molar-refractivity contribution >= 4 is 17.7 Å². The van der Waals surface area contributed by atoms with Gasteiger partial charge in [0.05, 0.1) is 31.4 Å². The molecule has 2 heterocycles. The van der Waals surface area contributed by atoms with Crippen LogP contribution in [-0.4, -0.2) is 54.8 Å². The lowest BCUT2D eigenvalue weighted by Gasteiger charge is -2.27. The Morgan fingerprint density at radius 3 is 2.56 bits per heavy atom. The van der Waals surface area contributed by atoms with E-state index in [1.165, 1.54) is 4.90 Å². The van der Waals surface area contributed by atoms with Crippen LogP contribution in [0.25, 0.3) is 0 Å². The fraction of sp³-hybridized carbons (Fsp3) is 0.400. The van der Waals surface area contributed by atoms with Gasteiger partial charge in [0.25, 0.3) is 11.8 Å². The van der Waals surface area contributed by atoms with Gasteiger partial charge in [-0.25, -0.2) is 0 Å². The van der Waals surface area contributed by atoms with Gasteiger partial charge in [0.15, 0.2) is 0 Å². The topological polar surface area (TPSA) is 76.2 Å². The van der Waals surface area contributed by atoms with E-state index >= 15 is 0 Å². The molecule has 0 aliphatic carbocycles. The summed E-state index contributed by atoms with van der Waals surface area (Å²) in [4.78, 5) is 41.4. The molecule has 3 amide bonds. The highest BCUT2D eigenvalue weighted by atomic mass is 16.5. The standard InChI is InChI=1S/C25H28N2O5/c1-16-8-10-18-19(14-16)25(30)27(24(18)29)13-5-7-23(28)26-12-4-6-21(26)20-15-17(31-2)9-11-22(20)32-3/h8-11,14-15,21H,4-7,12-13H2,1-3H3. The molecule has 7 heteroatoms. The molecule has 2 aliphatic rings. The third-order valence-electron chi connectivity index (χ3n) is 6.27. The first-order chi connectivity index (χ1) is 15.4. The molecule has 32 heavy (non-hydrogen) atoms. The normalized spacial score (nSPS) is 17.7. The number of nitrogens with zero attached hydrogens (tertiary/aromatic N) is 2. The predicted molar refractivity (Wildman–Crippen MR) is 119 cm³/mol. The van der Waals surface area contributed by atoms with Crippen molar-refractivity contribution in [3.8, 4) is 11.5 Å². The van der Waals surface area contributed by atoms with E-state index in [1.54, 1.807) is 26.4 Å². The summed E-state index contributed by atoms with van der Waals surface area (Å²) < 4.78 is 10.9. The molecule has 0 N–H and O–H groups in total. The fourth-order valence-corrected chi connectivity index (χ4v) is 4.63. The van der Waals surface area contributed by atoms with Gasteiger partial charge >= 0.3 is 0 Å². The number of hydrogen-bond acceptors (Lipinski definition) is 5. The SMILES string of the molecule is COc1ccc(OC)c(C2CCCN2C(=O)CCCN2C(=O)c3ccc(C)cc3C2=O)c1. The van der Waals surface area contributed by atoms with Crippen molar-refractivity contribution in [2.24, 2.45) is 0 Å². The molecule has 4 rings (SSSR count). The lowest BCUT2D eigenvalue weighted by Crippen LogP contribution is -2.33. The fourth-order valence-electron chi connectivity index (χ4n) is 4.63. The van der Waals surface area contributed by atoms with E-state index in [-0.39, 0.29) is 36.7 Å². The summed E-state index contributed by atoms with van der Waals surface area (Å²) in [6.45, 7) is 2.80. The van der Waals surface area contributed by atoms with Crippen LogP contribution in [-0.2, 0) is 4.79 Å². The number of hydrogen-bond donors (Lipinski definition) is 0. The number of amides is 3. The van der Waals surface area contributed by atoms with Crippen LogP contribution in [0.1, 0.15) is 63.6 Å². The van der Waals surface area contributed by atoms with E-state index in [0.717, 1.165) is 35.5 Å². The molecule has 1 saturated heterocycles. The largest absolute Gasteiger partial charge is 0.497 e. The van der Waals surface area contributed by atoms with E-state index in [2.05, 4.69) is 0 Å². The quantitative estimate of drug-likeness (QED) is 0.618. The average molecular weight is 437 g/mol. The van der Waals surface area contributed by atoms with Crippen molar-refractivity contribution in [1.29, 1.82) is 0 Å². The Morgan fingerprint density at radius 1 is 1.03 bits per heavy atom. The van der Waals surface area contributed by atoms with Crippen LogP contribution in [0.15, 0.2) is 36.4 Å². The lowest BCUT2D eigenvalue weighted by molar-refractivity contribution is -0.132. The third kappa shape index (κ3) is 3.95. The number of ether oxygens (including phenoxy) is 2. The van der Waals surface area contributed by atoms with Gasteiger partial charge in [-0.15, -0.1) is 0 Å². The molecule has 0 bridgehead atoms. The number of likely N-dealkylation sites (tertiary alicyclic amines) is 1. The first-order valence-electron chi connectivity index (χ1n) is 10.9. The number of imide groups is 1. The maximum atomic E-state index is 13.0. The monoisotopic (exact) mass is 436 g/mol. The molecule has 2 aromatic rings. The molecule has 0 radical (unpaired) electrons. The van der Waals surface area contributed by atoms with Crippen LogP contribution in [0.5, 0.6) is 11.5 Å². The molecule has 0 spiro atoms. The number of methoxy groups -OCH3 is 2. The van der Waals surface area contributed by atoms with Crippen LogP contribution < -0.4 is 9.47 Å². The number of aryl methyl sites for hydroxylation is 1. The second kappa shape index (κ2) is 9.02. The minimum atomic E-state index is -0.280. The highest BCUT2D eigenvalue weighted by molar-refractivity contribution is 6.21. The molecular formula is C25H28N2O5. The zero-order valence-electron chi connectivity index (χ0n) is 18.7. The molecule has 1 unspecified atom stereocenters. The number of rotatable bonds is 7. The Balaban J connectivity index is 1.41. The smallest absolute Gasteiger partial charge is 0.261 e. The zero-order valence-corrected chi connectivity index (χ0v) is 18.7. The maximum Gasteiger partial charge on any atom is 0.261 e. The summed E-state index contributed by atoms with van der Waals surface area (Å²) in [5.41, 5.74) is 2.77. The van der Waals surface area contributed by atoms with Crippen LogP contribution in [0.4, 0.5) is 0 Å². The first-order valence-corrected chi connectivity index (χ1v) is 10.9. The summed E-state index contributed by atoms with van der Waals surface area (Å²) in [6, 6.07) is 10.8. The van der Waals surface area contributed by atoms with E-state index < -0.39 is 0 Å². The van der Waals surface area contributed by atoms with Crippen LogP contribution in [0.2, 0.25) is 0 Å². The number of carbonyl (C=O) groups is 3. The molecule has 1 fully saturated rings. The van der Waals surface area contributed by atoms with Gasteiger partial charge < -0.3 is 14.4 Å². The van der Waals surface area contributed by atoms with Crippen molar-refractivity contribution in [2.45, 2.75) is 38.6 Å². The molecule has 168 valence electrons. The van der Waals surface area contributed by atoms with Gasteiger partial charge in [-0.2, -0.15) is 0 Å². The molecule has 1 atom stereocenters. The second-order valence-corrected chi connectivity index (χ2v) is 8.27. The van der Waals surface area contributed by atoms with Crippen LogP contribution >= 0.6 is 0 Å². The molecule has 7 nitrogen and oxygen atoms in total. The third-order valence-corrected chi connectivity index (χ3v) is 6.27. The van der Waals surface area contributed by atoms with Crippen molar-refractivity contribution in [3.63, 3.8) is 0 Å². The Morgan fingerprint density at radius 2 is 1.81 bits per heavy atom. The minimum absolute atomic E-state index is 0.0184. The van der Waals surface area contributed by atoms with E-state index in [4.69, 9.17) is 9.47 Å². The number of fused-ring (bicyclic) bond motifs is 1. The Bertz CT molecular complexity index is 1060. The van der Waals surface area contributed by atoms with Gasteiger partial charge in [-0.3, -0.25) is 19.3 Å². The summed E-state index contributed by atoms with van der Waals surface area (Å²) in [7, 11) is 3.24. The van der Waals surface area contributed by atoms with Gasteiger partial charge in [0.2, 0.25) is 5.91 Å². The van der Waals surface area contributed by atoms with Crippen molar-refractivity contribution in [1.82, 2.24) is 9.80 Å². The number of carbonyl (C=O) groups excluding carboxylic acids is 3. The lowest BCUT2D eigenvalue weighted by atomic mass is 10.0. The number of benzene rings is 2. The van der Waals surface area contributed by atoms with Crippen LogP contribution in [0.3, 0.4) is 0 Å². The maximum absolute atomic E-state index is 13.0. The van der Waals surface area contributed by atoms with Gasteiger partial charge in [-0.1, -0.05) is 11.6 Å². The molecule has 0 saturated carbocycles. The predicted octanol–water partition coefficient (Wildman–Crippen LogP) is 3.75. The molecule has 2 aromatic carbocycles. The van der Waals surface area contributed by atoms with Gasteiger partial charge in [0.1, 0.15) is 11.5 Å². The first kappa shape index (κ1) is 21.9. The van der Waals surface area contributed by atoms with Crippen molar-refractivity contribution in [2.75, 3.05) is 27.3 Å². The average Bonchev–Trinajstić information content (AvgIpc) is 3.38. The Labute approximate surface area is 187 Å². The van der Waals surface area contributed by atoms with Crippen molar-refractivity contribution < 1.29 is 23.9 Å². The van der Waals surface area contributed by atoms with E-state index in [9.17, 15) is 14.4 Å². The van der Waals surface area contributed by atoms with E-state index in [0.29, 0.717) is 24.1 Å². The second-order valence-electron chi connectivity index (χ2n) is 8.27.